The summed E-state index contributed by atoms with van der Waals surface area (Å²) in [5.41, 5.74) is 3.36. The largest absolute Gasteiger partial charge is 0.497 e. The number of amidine groups is 1. The zero-order valence-electron chi connectivity index (χ0n) is 15.4. The highest BCUT2D eigenvalue weighted by Crippen LogP contribution is 2.85. The van der Waals surface area contributed by atoms with E-state index < -0.39 is 22.2 Å². The molecule has 1 aliphatic carbocycles. The number of fused-ring (bicyclic) bond motifs is 1. The molecule has 1 saturated carbocycles. The second-order valence-electron chi connectivity index (χ2n) is 6.52. The molecule has 0 amide bonds. The van der Waals surface area contributed by atoms with Gasteiger partial charge in [-0.3, -0.25) is 0 Å². The molecule has 7 nitrogen and oxygen atoms in total. The van der Waals surface area contributed by atoms with Crippen LogP contribution < -0.4 is 10.5 Å². The van der Waals surface area contributed by atoms with Crippen molar-refractivity contribution in [3.05, 3.63) is 29.8 Å². The van der Waals surface area contributed by atoms with Crippen LogP contribution in [-0.2, 0) is 14.9 Å². The molecule has 7 heteroatoms. The van der Waals surface area contributed by atoms with Gasteiger partial charge >= 0.3 is 0 Å². The molecule has 26 heavy (non-hydrogen) atoms. The molecule has 136 valence electrons. The minimum absolute atomic E-state index is 0.0711. The summed E-state index contributed by atoms with van der Waals surface area (Å²) in [5.74, 6) is -0.857. The molecule has 0 spiro atoms. The minimum atomic E-state index is -1.61. The molecule has 0 aromatic heterocycles. The summed E-state index contributed by atoms with van der Waals surface area (Å²) in [6, 6.07) is 11.9. The predicted octanol–water partition coefficient (Wildman–Crippen LogP) is 2.08. The third-order valence-corrected chi connectivity index (χ3v) is 5.81. The van der Waals surface area contributed by atoms with Crippen molar-refractivity contribution in [3.63, 3.8) is 0 Å². The summed E-state index contributed by atoms with van der Waals surface area (Å²) in [6.07, 6.45) is 0. The van der Waals surface area contributed by atoms with Crippen molar-refractivity contribution in [1.82, 2.24) is 0 Å². The first-order chi connectivity index (χ1) is 12.4. The third-order valence-electron chi connectivity index (χ3n) is 5.81. The van der Waals surface area contributed by atoms with Gasteiger partial charge in [0.05, 0.1) is 19.2 Å². The Kier molecular flexibility index (Phi) is 3.99. The molecule has 0 radical (unpaired) electrons. The number of ether oxygens (including phenoxy) is 3. The van der Waals surface area contributed by atoms with E-state index in [0.717, 1.165) is 5.56 Å². The minimum Gasteiger partial charge on any atom is -0.497 e. The van der Waals surface area contributed by atoms with Gasteiger partial charge in [-0.15, -0.1) is 0 Å². The van der Waals surface area contributed by atoms with Gasteiger partial charge in [0, 0.05) is 18.6 Å². The number of hydrogen-bond donors (Lipinski definition) is 1. The standard InChI is InChI=1S/C19H22N4O3/c1-5-25-19(26-6-2)18(12-21)16(3,17(18,11-20)15(22)23-19)13-7-9-14(24-4)10-8-13/h7-10H,5-6H2,1-4H3,(H2,22,23)/t16-,17+,18-/m1/s1. The van der Waals surface area contributed by atoms with E-state index in [2.05, 4.69) is 17.1 Å². The number of rotatable bonds is 6. The van der Waals surface area contributed by atoms with E-state index >= 15 is 0 Å². The van der Waals surface area contributed by atoms with Crippen molar-refractivity contribution >= 4 is 5.84 Å². The van der Waals surface area contributed by atoms with Crippen LogP contribution in [0.2, 0.25) is 0 Å². The second-order valence-corrected chi connectivity index (χ2v) is 6.52. The van der Waals surface area contributed by atoms with E-state index in [1.807, 2.05) is 19.1 Å². The highest BCUT2D eigenvalue weighted by atomic mass is 16.7. The quantitative estimate of drug-likeness (QED) is 0.782. The van der Waals surface area contributed by atoms with Gasteiger partial charge in [-0.05, 0) is 31.5 Å². The lowest BCUT2D eigenvalue weighted by Gasteiger charge is -2.34. The molecular formula is C19H22N4O3. The first kappa shape index (κ1) is 18.2. The van der Waals surface area contributed by atoms with Gasteiger partial charge < -0.3 is 19.9 Å². The zero-order chi connectivity index (χ0) is 19.2. The molecular weight excluding hydrogens is 332 g/mol. The second kappa shape index (κ2) is 5.70. The lowest BCUT2D eigenvalue weighted by Crippen LogP contribution is -2.46. The van der Waals surface area contributed by atoms with Gasteiger partial charge in [0.1, 0.15) is 11.6 Å². The molecule has 3 rings (SSSR count). The highest BCUT2D eigenvalue weighted by molar-refractivity contribution is 6.02. The van der Waals surface area contributed by atoms with Crippen LogP contribution in [0.15, 0.2) is 29.3 Å². The number of benzene rings is 1. The van der Waals surface area contributed by atoms with Gasteiger partial charge in [-0.2, -0.15) is 10.5 Å². The Morgan fingerprint density at radius 1 is 1.08 bits per heavy atom. The summed E-state index contributed by atoms with van der Waals surface area (Å²) in [4.78, 5) is 4.35. The van der Waals surface area contributed by atoms with E-state index in [-0.39, 0.29) is 19.0 Å². The Morgan fingerprint density at radius 2 is 1.65 bits per heavy atom. The number of aliphatic imine (C=N–C) groups is 1. The Morgan fingerprint density at radius 3 is 2.08 bits per heavy atom. The van der Waals surface area contributed by atoms with Crippen molar-refractivity contribution in [2.45, 2.75) is 32.1 Å². The molecule has 3 atom stereocenters. The maximum atomic E-state index is 10.3. The Hall–Kier alpha value is -2.61. The van der Waals surface area contributed by atoms with Crippen molar-refractivity contribution in [2.24, 2.45) is 21.6 Å². The summed E-state index contributed by atoms with van der Waals surface area (Å²) in [7, 11) is 1.58. The molecule has 2 aliphatic rings. The number of nitrogens with zero attached hydrogens (tertiary/aromatic N) is 3. The Bertz CT molecular complexity index is 832. The Balaban J connectivity index is 2.26. The molecule has 2 N–H and O–H groups in total. The summed E-state index contributed by atoms with van der Waals surface area (Å²) in [6.45, 7) is 5.95. The maximum Gasteiger partial charge on any atom is 0.293 e. The number of hydrogen-bond acceptors (Lipinski definition) is 7. The average Bonchev–Trinajstić information content (AvgIpc) is 3.08. The van der Waals surface area contributed by atoms with Crippen molar-refractivity contribution in [3.8, 4) is 17.9 Å². The molecule has 0 unspecified atom stereocenters. The van der Waals surface area contributed by atoms with E-state index in [1.165, 1.54) is 0 Å². The van der Waals surface area contributed by atoms with Gasteiger partial charge in [-0.1, -0.05) is 19.1 Å². The van der Waals surface area contributed by atoms with Gasteiger partial charge in [0.25, 0.3) is 5.91 Å². The van der Waals surface area contributed by atoms with E-state index in [1.54, 1.807) is 33.1 Å². The van der Waals surface area contributed by atoms with Crippen molar-refractivity contribution in [1.29, 1.82) is 10.5 Å². The van der Waals surface area contributed by atoms with Crippen LogP contribution in [0.25, 0.3) is 0 Å². The summed E-state index contributed by atoms with van der Waals surface area (Å²) >= 11 is 0. The SMILES string of the molecule is CCOC1(OCC)N=C(N)[C@@]2(C#N)[C@@](C)(c3ccc(OC)cc3)[C@@]12C#N. The fourth-order valence-electron chi connectivity index (χ4n) is 4.64. The van der Waals surface area contributed by atoms with Crippen LogP contribution in [0.3, 0.4) is 0 Å². The van der Waals surface area contributed by atoms with Crippen LogP contribution >= 0.6 is 0 Å². The first-order valence-electron chi connectivity index (χ1n) is 8.52. The highest BCUT2D eigenvalue weighted by Gasteiger charge is 2.99. The molecule has 1 aromatic rings. The monoisotopic (exact) mass is 354 g/mol. The van der Waals surface area contributed by atoms with Crippen molar-refractivity contribution < 1.29 is 14.2 Å². The maximum absolute atomic E-state index is 10.3. The molecule has 1 aromatic carbocycles. The van der Waals surface area contributed by atoms with Crippen LogP contribution in [0, 0.1) is 33.5 Å². The molecule has 0 bridgehead atoms. The zero-order valence-corrected chi connectivity index (χ0v) is 15.4. The number of nitriles is 2. The van der Waals surface area contributed by atoms with Gasteiger partial charge in [0.15, 0.2) is 10.8 Å². The van der Waals surface area contributed by atoms with Gasteiger partial charge in [-0.25, -0.2) is 4.99 Å². The average molecular weight is 354 g/mol. The van der Waals surface area contributed by atoms with E-state index in [4.69, 9.17) is 19.9 Å². The smallest absolute Gasteiger partial charge is 0.293 e. The van der Waals surface area contributed by atoms with Crippen LogP contribution in [0.4, 0.5) is 0 Å². The fourth-order valence-corrected chi connectivity index (χ4v) is 4.64. The summed E-state index contributed by atoms with van der Waals surface area (Å²) < 4.78 is 16.9. The lowest BCUT2D eigenvalue weighted by atomic mass is 9.84. The van der Waals surface area contributed by atoms with E-state index in [9.17, 15) is 10.5 Å². The number of nitrogens with two attached hydrogens (primary N) is 1. The molecule has 1 aliphatic heterocycles. The van der Waals surface area contributed by atoms with E-state index in [0.29, 0.717) is 5.75 Å². The predicted molar refractivity (Wildman–Crippen MR) is 94.0 cm³/mol. The number of methoxy groups -OCH3 is 1. The molecule has 1 heterocycles. The summed E-state index contributed by atoms with van der Waals surface area (Å²) in [5, 5.41) is 20.4. The third kappa shape index (κ3) is 1.61. The van der Waals surface area contributed by atoms with Crippen molar-refractivity contribution in [2.75, 3.05) is 20.3 Å². The molecule has 0 saturated heterocycles. The first-order valence-corrected chi connectivity index (χ1v) is 8.52. The lowest BCUT2D eigenvalue weighted by molar-refractivity contribution is -0.257. The van der Waals surface area contributed by atoms with Crippen LogP contribution in [-0.4, -0.2) is 32.1 Å². The topological polar surface area (TPSA) is 114 Å². The van der Waals surface area contributed by atoms with Crippen LogP contribution in [0.1, 0.15) is 26.3 Å². The Labute approximate surface area is 153 Å². The normalized spacial score (nSPS) is 33.5. The van der Waals surface area contributed by atoms with Gasteiger partial charge in [0.2, 0.25) is 0 Å². The van der Waals surface area contributed by atoms with Crippen LogP contribution in [0.5, 0.6) is 5.75 Å². The fraction of sp³-hybridized carbons (Fsp3) is 0.526. The molecule has 1 fully saturated rings.